The van der Waals surface area contributed by atoms with E-state index in [-0.39, 0.29) is 25.5 Å². The standard InChI is InChI=1S/C12H15NO4/c1-9-4-2-3-5-10(9)17-7-6-11(14)13-8-12(15)16/h2-5H,6-8H2,1H3,(H,13,14)(H,15,16). The minimum Gasteiger partial charge on any atom is -0.493 e. The van der Waals surface area contributed by atoms with Crippen molar-refractivity contribution in [2.45, 2.75) is 13.3 Å². The Bertz CT molecular complexity index is 403. The molecule has 0 spiro atoms. The average molecular weight is 237 g/mol. The van der Waals surface area contributed by atoms with Gasteiger partial charge in [0, 0.05) is 0 Å². The minimum absolute atomic E-state index is 0.140. The van der Waals surface area contributed by atoms with E-state index >= 15 is 0 Å². The molecule has 1 aromatic rings. The lowest BCUT2D eigenvalue weighted by Crippen LogP contribution is -2.30. The molecule has 0 aromatic heterocycles. The maximum atomic E-state index is 11.2. The SMILES string of the molecule is Cc1ccccc1OCCC(=O)NCC(=O)O. The lowest BCUT2D eigenvalue weighted by molar-refractivity contribution is -0.138. The molecule has 0 fully saturated rings. The third-order valence-corrected chi connectivity index (χ3v) is 2.12. The molecule has 0 bridgehead atoms. The highest BCUT2D eigenvalue weighted by Crippen LogP contribution is 2.15. The highest BCUT2D eigenvalue weighted by atomic mass is 16.5. The summed E-state index contributed by atoms with van der Waals surface area (Å²) in [4.78, 5) is 21.4. The Labute approximate surface area is 99.4 Å². The van der Waals surface area contributed by atoms with E-state index in [2.05, 4.69) is 5.32 Å². The quantitative estimate of drug-likeness (QED) is 0.772. The van der Waals surface area contributed by atoms with E-state index in [1.54, 1.807) is 0 Å². The molecule has 17 heavy (non-hydrogen) atoms. The van der Waals surface area contributed by atoms with Crippen LogP contribution in [0.5, 0.6) is 5.75 Å². The molecule has 1 aromatic carbocycles. The molecular formula is C12H15NO4. The summed E-state index contributed by atoms with van der Waals surface area (Å²) >= 11 is 0. The molecule has 92 valence electrons. The van der Waals surface area contributed by atoms with Gasteiger partial charge in [-0.25, -0.2) is 0 Å². The number of aliphatic carboxylic acids is 1. The lowest BCUT2D eigenvalue weighted by Gasteiger charge is -2.08. The van der Waals surface area contributed by atoms with Crippen LogP contribution in [0.2, 0.25) is 0 Å². The van der Waals surface area contributed by atoms with Gasteiger partial charge in [-0.1, -0.05) is 18.2 Å². The van der Waals surface area contributed by atoms with Crippen LogP contribution in [-0.4, -0.2) is 30.1 Å². The van der Waals surface area contributed by atoms with E-state index in [9.17, 15) is 9.59 Å². The first-order valence-corrected chi connectivity index (χ1v) is 5.26. The molecule has 0 saturated carbocycles. The number of hydrogen-bond donors (Lipinski definition) is 2. The average Bonchev–Trinajstić information content (AvgIpc) is 2.29. The van der Waals surface area contributed by atoms with Crippen molar-refractivity contribution in [3.8, 4) is 5.75 Å². The number of benzene rings is 1. The molecule has 0 radical (unpaired) electrons. The topological polar surface area (TPSA) is 75.6 Å². The van der Waals surface area contributed by atoms with Gasteiger partial charge < -0.3 is 15.2 Å². The summed E-state index contributed by atoms with van der Waals surface area (Å²) in [6.07, 6.45) is 0.140. The maximum Gasteiger partial charge on any atom is 0.322 e. The summed E-state index contributed by atoms with van der Waals surface area (Å²) in [6.45, 7) is 1.79. The summed E-state index contributed by atoms with van der Waals surface area (Å²) in [6, 6.07) is 7.50. The number of carboxylic acid groups (broad SMARTS) is 1. The highest BCUT2D eigenvalue weighted by molar-refractivity contribution is 5.81. The first kappa shape index (κ1) is 13.0. The third-order valence-electron chi connectivity index (χ3n) is 2.12. The summed E-state index contributed by atoms with van der Waals surface area (Å²) < 4.78 is 5.41. The van der Waals surface area contributed by atoms with Gasteiger partial charge in [0.05, 0.1) is 13.0 Å². The molecular weight excluding hydrogens is 222 g/mol. The molecule has 1 amide bonds. The number of para-hydroxylation sites is 1. The molecule has 0 atom stereocenters. The molecule has 2 N–H and O–H groups in total. The highest BCUT2D eigenvalue weighted by Gasteiger charge is 2.04. The van der Waals surface area contributed by atoms with E-state index in [1.165, 1.54) is 0 Å². The van der Waals surface area contributed by atoms with Crippen LogP contribution in [0.25, 0.3) is 0 Å². The fourth-order valence-corrected chi connectivity index (χ4v) is 1.23. The maximum absolute atomic E-state index is 11.2. The van der Waals surface area contributed by atoms with Gasteiger partial charge in [0.1, 0.15) is 12.3 Å². The fraction of sp³-hybridized carbons (Fsp3) is 0.333. The van der Waals surface area contributed by atoms with E-state index in [0.29, 0.717) is 0 Å². The van der Waals surface area contributed by atoms with Crippen molar-refractivity contribution in [1.82, 2.24) is 5.32 Å². The second kappa shape index (κ2) is 6.52. The van der Waals surface area contributed by atoms with Crippen LogP contribution in [0.3, 0.4) is 0 Å². The molecule has 0 aliphatic carbocycles. The fourth-order valence-electron chi connectivity index (χ4n) is 1.23. The molecule has 0 saturated heterocycles. The smallest absolute Gasteiger partial charge is 0.322 e. The van der Waals surface area contributed by atoms with Gasteiger partial charge in [-0.2, -0.15) is 0 Å². The largest absolute Gasteiger partial charge is 0.493 e. The van der Waals surface area contributed by atoms with Gasteiger partial charge in [0.2, 0.25) is 5.91 Å². The van der Waals surface area contributed by atoms with E-state index in [1.807, 2.05) is 31.2 Å². The lowest BCUT2D eigenvalue weighted by atomic mass is 10.2. The number of amides is 1. The Morgan fingerprint density at radius 1 is 1.35 bits per heavy atom. The summed E-state index contributed by atoms with van der Waals surface area (Å²) in [7, 11) is 0. The number of hydrogen-bond acceptors (Lipinski definition) is 3. The van der Waals surface area contributed by atoms with Crippen molar-refractivity contribution in [3.05, 3.63) is 29.8 Å². The number of carbonyl (C=O) groups excluding carboxylic acids is 1. The zero-order valence-electron chi connectivity index (χ0n) is 9.60. The van der Waals surface area contributed by atoms with Gasteiger partial charge in [-0.3, -0.25) is 9.59 Å². The van der Waals surface area contributed by atoms with Crippen LogP contribution in [0, 0.1) is 6.92 Å². The molecule has 0 aliphatic rings. The minimum atomic E-state index is -1.06. The van der Waals surface area contributed by atoms with Crippen molar-refractivity contribution < 1.29 is 19.4 Å². The second-order valence-electron chi connectivity index (χ2n) is 3.53. The normalized spacial score (nSPS) is 9.71. The van der Waals surface area contributed by atoms with Crippen molar-refractivity contribution in [3.63, 3.8) is 0 Å². The first-order chi connectivity index (χ1) is 8.09. The van der Waals surface area contributed by atoms with Crippen molar-refractivity contribution in [1.29, 1.82) is 0 Å². The molecule has 0 unspecified atom stereocenters. The second-order valence-corrected chi connectivity index (χ2v) is 3.53. The zero-order valence-corrected chi connectivity index (χ0v) is 9.60. The van der Waals surface area contributed by atoms with Crippen LogP contribution in [0.1, 0.15) is 12.0 Å². The van der Waals surface area contributed by atoms with Crippen LogP contribution in [0.4, 0.5) is 0 Å². The summed E-state index contributed by atoms with van der Waals surface area (Å²) in [5.41, 5.74) is 0.999. The number of nitrogens with one attached hydrogen (secondary N) is 1. The van der Waals surface area contributed by atoms with Crippen molar-refractivity contribution in [2.24, 2.45) is 0 Å². The molecule has 5 nitrogen and oxygen atoms in total. The van der Waals surface area contributed by atoms with Crippen molar-refractivity contribution in [2.75, 3.05) is 13.2 Å². The summed E-state index contributed by atoms with van der Waals surface area (Å²) in [5.74, 6) is -0.655. The van der Waals surface area contributed by atoms with Crippen LogP contribution < -0.4 is 10.1 Å². The van der Waals surface area contributed by atoms with Crippen molar-refractivity contribution >= 4 is 11.9 Å². The van der Waals surface area contributed by atoms with Crippen LogP contribution in [-0.2, 0) is 9.59 Å². The van der Waals surface area contributed by atoms with Gasteiger partial charge in [0.15, 0.2) is 0 Å². The number of ether oxygens (including phenoxy) is 1. The van der Waals surface area contributed by atoms with Crippen LogP contribution in [0.15, 0.2) is 24.3 Å². The zero-order chi connectivity index (χ0) is 12.7. The van der Waals surface area contributed by atoms with E-state index < -0.39 is 5.97 Å². The monoisotopic (exact) mass is 237 g/mol. The molecule has 5 heteroatoms. The Morgan fingerprint density at radius 2 is 2.06 bits per heavy atom. The third kappa shape index (κ3) is 5.01. The predicted octanol–water partition coefficient (Wildman–Crippen LogP) is 0.965. The van der Waals surface area contributed by atoms with Crippen LogP contribution >= 0.6 is 0 Å². The molecule has 1 rings (SSSR count). The number of carboxylic acids is 1. The van der Waals surface area contributed by atoms with E-state index in [0.717, 1.165) is 11.3 Å². The van der Waals surface area contributed by atoms with Gasteiger partial charge >= 0.3 is 5.97 Å². The molecule has 0 heterocycles. The number of aryl methyl sites for hydroxylation is 1. The summed E-state index contributed by atoms with van der Waals surface area (Å²) in [5, 5.41) is 10.6. The molecule has 0 aliphatic heterocycles. The Balaban J connectivity index is 2.26. The van der Waals surface area contributed by atoms with E-state index in [4.69, 9.17) is 9.84 Å². The van der Waals surface area contributed by atoms with Gasteiger partial charge in [-0.15, -0.1) is 0 Å². The Morgan fingerprint density at radius 3 is 2.71 bits per heavy atom. The number of rotatable bonds is 6. The Kier molecular flexibility index (Phi) is 5.00. The van der Waals surface area contributed by atoms with Gasteiger partial charge in [-0.05, 0) is 18.6 Å². The first-order valence-electron chi connectivity index (χ1n) is 5.26. The Hall–Kier alpha value is -2.04. The van der Waals surface area contributed by atoms with Gasteiger partial charge in [0.25, 0.3) is 0 Å². The predicted molar refractivity (Wildman–Crippen MR) is 61.9 cm³/mol. The number of carbonyl (C=O) groups is 2.